The monoisotopic (exact) mass is 336 g/mol. The fraction of sp³-hybridized carbons (Fsp3) is 0.300. The van der Waals surface area contributed by atoms with Crippen molar-refractivity contribution < 1.29 is 13.9 Å². The van der Waals surface area contributed by atoms with E-state index in [1.807, 2.05) is 11.0 Å². The maximum atomic E-state index is 13.2. The first kappa shape index (κ1) is 15.6. The lowest BCUT2D eigenvalue weighted by Crippen LogP contribution is -2.42. The van der Waals surface area contributed by atoms with Crippen LogP contribution in [-0.2, 0) is 11.2 Å². The molecule has 0 radical (unpaired) electrons. The first-order chi connectivity index (χ1) is 12.2. The summed E-state index contributed by atoms with van der Waals surface area (Å²) in [6, 6.07) is 8.37. The van der Waals surface area contributed by atoms with E-state index < -0.39 is 0 Å². The first-order valence-electron chi connectivity index (χ1n) is 8.28. The molecule has 2 bridgehead atoms. The smallest absolute Gasteiger partial charge is 0.410 e. The molecule has 1 fully saturated rings. The highest BCUT2D eigenvalue weighted by Gasteiger charge is 2.43. The van der Waals surface area contributed by atoms with Crippen LogP contribution in [0.25, 0.3) is 0 Å². The highest BCUT2D eigenvalue weighted by Crippen LogP contribution is 2.43. The number of pyridine rings is 1. The number of nitrogens with zero attached hydrogens (tertiary/aromatic N) is 2. The lowest BCUT2D eigenvalue weighted by atomic mass is 9.97. The van der Waals surface area contributed by atoms with Crippen LogP contribution >= 0.6 is 0 Å². The highest BCUT2D eigenvalue weighted by molar-refractivity contribution is 5.70. The van der Waals surface area contributed by atoms with Crippen LogP contribution in [0.3, 0.4) is 0 Å². The Hall–Kier alpha value is -2.87. The molecule has 2 unspecified atom stereocenters. The van der Waals surface area contributed by atoms with Gasteiger partial charge >= 0.3 is 6.09 Å². The molecule has 1 aromatic carbocycles. The van der Waals surface area contributed by atoms with Gasteiger partial charge in [0, 0.05) is 35.5 Å². The van der Waals surface area contributed by atoms with Crippen LogP contribution in [0.2, 0.25) is 0 Å². The summed E-state index contributed by atoms with van der Waals surface area (Å²) in [5.74, 6) is 5.70. The quantitative estimate of drug-likeness (QED) is 0.692. The van der Waals surface area contributed by atoms with E-state index in [1.165, 1.54) is 19.2 Å². The molecule has 0 saturated carbocycles. The van der Waals surface area contributed by atoms with E-state index in [1.54, 1.807) is 18.3 Å². The third-order valence-corrected chi connectivity index (χ3v) is 4.86. The van der Waals surface area contributed by atoms with Crippen molar-refractivity contribution in [1.82, 2.24) is 9.88 Å². The summed E-state index contributed by atoms with van der Waals surface area (Å²) in [5, 5.41) is 0. The number of carbonyl (C=O) groups excluding carboxylic acids is 1. The zero-order chi connectivity index (χ0) is 17.4. The summed E-state index contributed by atoms with van der Waals surface area (Å²) < 4.78 is 18.2. The summed E-state index contributed by atoms with van der Waals surface area (Å²) in [6.45, 7) is 0. The van der Waals surface area contributed by atoms with Crippen LogP contribution in [0.1, 0.15) is 41.3 Å². The number of rotatable bonds is 0. The SMILES string of the molecule is COC(=O)N1C2CCC1c1cc(C#Cc3cccc(F)c3)cnc1C2. The molecule has 5 heteroatoms. The van der Waals surface area contributed by atoms with E-state index in [2.05, 4.69) is 16.8 Å². The number of halogens is 1. The minimum Gasteiger partial charge on any atom is -0.453 e. The maximum absolute atomic E-state index is 13.2. The summed E-state index contributed by atoms with van der Waals surface area (Å²) in [5.41, 5.74) is 3.46. The van der Waals surface area contributed by atoms with Crippen molar-refractivity contribution in [3.63, 3.8) is 0 Å². The van der Waals surface area contributed by atoms with Crippen molar-refractivity contribution in [2.75, 3.05) is 7.11 Å². The van der Waals surface area contributed by atoms with Crippen LogP contribution in [0.5, 0.6) is 0 Å². The van der Waals surface area contributed by atoms with E-state index >= 15 is 0 Å². The first-order valence-corrected chi connectivity index (χ1v) is 8.28. The van der Waals surface area contributed by atoms with Crippen molar-refractivity contribution in [2.45, 2.75) is 31.3 Å². The molecule has 2 atom stereocenters. The van der Waals surface area contributed by atoms with Gasteiger partial charge in [0.05, 0.1) is 13.2 Å². The van der Waals surface area contributed by atoms with E-state index in [9.17, 15) is 9.18 Å². The number of hydrogen-bond donors (Lipinski definition) is 0. The molecular formula is C20H17FN2O2. The van der Waals surface area contributed by atoms with Crippen LogP contribution in [0.4, 0.5) is 9.18 Å². The molecule has 1 aromatic heterocycles. The van der Waals surface area contributed by atoms with E-state index in [-0.39, 0.29) is 24.0 Å². The Morgan fingerprint density at radius 3 is 2.92 bits per heavy atom. The van der Waals surface area contributed by atoms with Crippen LogP contribution in [-0.4, -0.2) is 29.1 Å². The molecular weight excluding hydrogens is 319 g/mol. The van der Waals surface area contributed by atoms with Crippen molar-refractivity contribution in [1.29, 1.82) is 0 Å². The molecule has 0 aliphatic carbocycles. The topological polar surface area (TPSA) is 42.4 Å². The molecule has 0 N–H and O–H groups in total. The average Bonchev–Trinajstić information content (AvgIpc) is 2.95. The minimum atomic E-state index is -0.305. The Balaban J connectivity index is 1.66. The average molecular weight is 336 g/mol. The Morgan fingerprint density at radius 2 is 2.12 bits per heavy atom. The molecule has 1 saturated heterocycles. The second-order valence-corrected chi connectivity index (χ2v) is 6.35. The molecule has 4 nitrogen and oxygen atoms in total. The second kappa shape index (κ2) is 6.21. The van der Waals surface area contributed by atoms with Gasteiger partial charge in [0.15, 0.2) is 0 Å². The predicted molar refractivity (Wildman–Crippen MR) is 90.3 cm³/mol. The predicted octanol–water partition coefficient (Wildman–Crippen LogP) is 3.45. The van der Waals surface area contributed by atoms with E-state index in [0.717, 1.165) is 36.1 Å². The lowest BCUT2D eigenvalue weighted by Gasteiger charge is -2.34. The van der Waals surface area contributed by atoms with Crippen LogP contribution in [0, 0.1) is 17.7 Å². The normalized spacial score (nSPS) is 20.5. The molecule has 25 heavy (non-hydrogen) atoms. The van der Waals surface area contributed by atoms with Gasteiger partial charge in [-0.15, -0.1) is 0 Å². The van der Waals surface area contributed by atoms with E-state index in [4.69, 9.17) is 4.74 Å². The van der Waals surface area contributed by atoms with Crippen molar-refractivity contribution in [2.24, 2.45) is 0 Å². The number of carbonyl (C=O) groups is 1. The van der Waals surface area contributed by atoms with Gasteiger partial charge in [0.2, 0.25) is 0 Å². The summed E-state index contributed by atoms with van der Waals surface area (Å²) in [4.78, 5) is 18.5. The third-order valence-electron chi connectivity index (χ3n) is 4.86. The number of fused-ring (bicyclic) bond motifs is 4. The largest absolute Gasteiger partial charge is 0.453 e. The molecule has 4 rings (SSSR count). The number of ether oxygens (including phenoxy) is 1. The van der Waals surface area contributed by atoms with Gasteiger partial charge in [-0.1, -0.05) is 17.9 Å². The Bertz CT molecular complexity index is 900. The Morgan fingerprint density at radius 1 is 1.28 bits per heavy atom. The van der Waals surface area contributed by atoms with Gasteiger partial charge in [0.1, 0.15) is 5.82 Å². The number of hydrogen-bond acceptors (Lipinski definition) is 3. The number of amides is 1. The fourth-order valence-electron chi connectivity index (χ4n) is 3.74. The van der Waals surface area contributed by atoms with Crippen LogP contribution < -0.4 is 0 Å². The molecule has 2 aliphatic heterocycles. The molecule has 126 valence electrons. The fourth-order valence-corrected chi connectivity index (χ4v) is 3.74. The van der Waals surface area contributed by atoms with E-state index in [0.29, 0.717) is 5.56 Å². The molecule has 2 aromatic rings. The Labute approximate surface area is 145 Å². The highest BCUT2D eigenvalue weighted by atomic mass is 19.1. The zero-order valence-electron chi connectivity index (χ0n) is 13.8. The second-order valence-electron chi connectivity index (χ2n) is 6.35. The maximum Gasteiger partial charge on any atom is 0.410 e. The van der Waals surface area contributed by atoms with Crippen molar-refractivity contribution >= 4 is 6.09 Å². The Kier molecular flexibility index (Phi) is 3.89. The minimum absolute atomic E-state index is 0.00428. The summed E-state index contributed by atoms with van der Waals surface area (Å²) >= 11 is 0. The zero-order valence-corrected chi connectivity index (χ0v) is 13.8. The van der Waals surface area contributed by atoms with Gasteiger partial charge < -0.3 is 4.74 Å². The number of methoxy groups -OCH3 is 1. The van der Waals surface area contributed by atoms with Gasteiger partial charge in [-0.05, 0) is 42.7 Å². The lowest BCUT2D eigenvalue weighted by molar-refractivity contribution is 0.0973. The molecule has 0 spiro atoms. The van der Waals surface area contributed by atoms with Gasteiger partial charge in [-0.25, -0.2) is 9.18 Å². The third kappa shape index (κ3) is 2.85. The molecule has 3 heterocycles. The molecule has 2 aliphatic rings. The van der Waals surface area contributed by atoms with Crippen molar-refractivity contribution in [3.8, 4) is 11.8 Å². The number of aromatic nitrogens is 1. The van der Waals surface area contributed by atoms with Gasteiger partial charge in [0.25, 0.3) is 0 Å². The summed E-state index contributed by atoms with van der Waals surface area (Å²) in [6.07, 6.45) is 4.08. The van der Waals surface area contributed by atoms with Crippen LogP contribution in [0.15, 0.2) is 36.5 Å². The molecule has 1 amide bonds. The van der Waals surface area contributed by atoms with Gasteiger partial charge in [-0.2, -0.15) is 0 Å². The standard InChI is InChI=1S/C20H17FN2O2/c1-25-20(24)23-16-7-8-19(23)17-10-14(12-22-18(17)11-16)6-5-13-3-2-4-15(21)9-13/h2-4,9-10,12,16,19H,7-8,11H2,1H3. The van der Waals surface area contributed by atoms with Crippen molar-refractivity contribution in [3.05, 3.63) is 64.7 Å². The summed E-state index contributed by atoms with van der Waals surface area (Å²) in [7, 11) is 1.41. The number of benzene rings is 1. The van der Waals surface area contributed by atoms with Gasteiger partial charge in [-0.3, -0.25) is 9.88 Å².